The van der Waals surface area contributed by atoms with E-state index in [1.165, 1.54) is 18.4 Å². The molecule has 0 aromatic heterocycles. The molecule has 0 unspecified atom stereocenters. The Morgan fingerprint density at radius 2 is 2.00 bits per heavy atom. The van der Waals surface area contributed by atoms with Gasteiger partial charge in [-0.15, -0.1) is 0 Å². The molecule has 1 aromatic carbocycles. The van der Waals surface area contributed by atoms with Crippen LogP contribution in [0.3, 0.4) is 0 Å². The zero-order valence-electron chi connectivity index (χ0n) is 8.80. The van der Waals surface area contributed by atoms with Crippen molar-refractivity contribution in [3.63, 3.8) is 0 Å². The number of hydrogen-bond acceptors (Lipinski definition) is 1. The van der Waals surface area contributed by atoms with Crippen molar-refractivity contribution in [3.8, 4) is 0 Å². The third-order valence-electron chi connectivity index (χ3n) is 3.59. The second kappa shape index (κ2) is 3.82. The molecule has 1 aliphatic carbocycles. The lowest BCUT2D eigenvalue weighted by Crippen LogP contribution is -2.19. The highest BCUT2D eigenvalue weighted by atomic mass is 16.5. The van der Waals surface area contributed by atoms with Crippen LogP contribution in [0.25, 0.3) is 0 Å². The molecule has 1 heteroatoms. The molecule has 78 valence electrons. The summed E-state index contributed by atoms with van der Waals surface area (Å²) in [7, 11) is 0. The maximum atomic E-state index is 5.87. The van der Waals surface area contributed by atoms with Gasteiger partial charge in [0, 0.05) is 11.8 Å². The van der Waals surface area contributed by atoms with Gasteiger partial charge in [-0.05, 0) is 18.4 Å². The zero-order valence-corrected chi connectivity index (χ0v) is 8.80. The summed E-state index contributed by atoms with van der Waals surface area (Å²) in [5, 5.41) is 0. The molecule has 0 bridgehead atoms. The number of fused-ring (bicyclic) bond motifs is 1. The second-order valence-corrected chi connectivity index (χ2v) is 4.47. The molecule has 3 rings (SSSR count). The third kappa shape index (κ3) is 1.61. The zero-order chi connectivity index (χ0) is 10.1. The maximum Gasteiger partial charge on any atom is 0.0647 e. The van der Waals surface area contributed by atoms with Gasteiger partial charge in [0.1, 0.15) is 0 Å². The van der Waals surface area contributed by atoms with Gasteiger partial charge in [0.25, 0.3) is 0 Å². The Balaban J connectivity index is 1.88. The summed E-state index contributed by atoms with van der Waals surface area (Å²) < 4.78 is 5.87. The quantitative estimate of drug-likeness (QED) is 0.633. The van der Waals surface area contributed by atoms with Crippen LogP contribution >= 0.6 is 0 Å². The summed E-state index contributed by atoms with van der Waals surface area (Å²) in [5.41, 5.74) is 1.43. The first-order valence-electron chi connectivity index (χ1n) is 5.78. The fourth-order valence-electron chi connectivity index (χ4n) is 2.77. The fourth-order valence-corrected chi connectivity index (χ4v) is 2.77. The van der Waals surface area contributed by atoms with Gasteiger partial charge >= 0.3 is 0 Å². The lowest BCUT2D eigenvalue weighted by Gasteiger charge is -2.22. The average Bonchev–Trinajstić information content (AvgIpc) is 2.74. The van der Waals surface area contributed by atoms with Crippen LogP contribution in [0.15, 0.2) is 42.5 Å². The molecule has 2 aliphatic rings. The fraction of sp³-hybridized carbons (Fsp3) is 0.429. The Kier molecular flexibility index (Phi) is 2.34. The van der Waals surface area contributed by atoms with Crippen LogP contribution < -0.4 is 0 Å². The molecule has 1 saturated heterocycles. The molecule has 0 amide bonds. The number of hydrogen-bond donors (Lipinski definition) is 0. The number of allylic oxidation sites excluding steroid dienone is 1. The van der Waals surface area contributed by atoms with Gasteiger partial charge in [0.05, 0.1) is 12.7 Å². The van der Waals surface area contributed by atoms with Gasteiger partial charge in [-0.25, -0.2) is 0 Å². The number of rotatable bonds is 1. The van der Waals surface area contributed by atoms with Crippen molar-refractivity contribution < 1.29 is 4.74 Å². The molecule has 0 N–H and O–H groups in total. The van der Waals surface area contributed by atoms with Crippen molar-refractivity contribution in [2.75, 3.05) is 6.61 Å². The first-order valence-corrected chi connectivity index (χ1v) is 5.78. The van der Waals surface area contributed by atoms with Crippen LogP contribution in [0.5, 0.6) is 0 Å². The summed E-state index contributed by atoms with van der Waals surface area (Å²) in [6.07, 6.45) is 7.53. The van der Waals surface area contributed by atoms with E-state index in [0.717, 1.165) is 6.61 Å². The molecule has 0 radical (unpaired) electrons. The Bertz CT molecular complexity index is 355. The van der Waals surface area contributed by atoms with E-state index in [4.69, 9.17) is 4.74 Å². The minimum atomic E-state index is 0.472. The summed E-state index contributed by atoms with van der Waals surface area (Å²) in [4.78, 5) is 0. The molecule has 1 fully saturated rings. The largest absolute Gasteiger partial charge is 0.377 e. The molecule has 3 atom stereocenters. The minimum absolute atomic E-state index is 0.472. The first kappa shape index (κ1) is 9.17. The van der Waals surface area contributed by atoms with Crippen molar-refractivity contribution in [1.29, 1.82) is 0 Å². The van der Waals surface area contributed by atoms with Crippen LogP contribution in [0, 0.1) is 5.92 Å². The van der Waals surface area contributed by atoms with Crippen LogP contribution in [0.1, 0.15) is 24.3 Å². The smallest absolute Gasteiger partial charge is 0.0647 e. The Morgan fingerprint density at radius 3 is 2.87 bits per heavy atom. The maximum absolute atomic E-state index is 5.87. The lowest BCUT2D eigenvalue weighted by atomic mass is 9.81. The second-order valence-electron chi connectivity index (χ2n) is 4.47. The van der Waals surface area contributed by atoms with E-state index >= 15 is 0 Å². The normalized spacial score (nSPS) is 34.0. The topological polar surface area (TPSA) is 9.23 Å². The van der Waals surface area contributed by atoms with Gasteiger partial charge < -0.3 is 4.74 Å². The van der Waals surface area contributed by atoms with Gasteiger partial charge in [0.15, 0.2) is 0 Å². The molecule has 1 nitrogen and oxygen atoms in total. The van der Waals surface area contributed by atoms with Crippen molar-refractivity contribution in [2.45, 2.75) is 24.9 Å². The number of ether oxygens (including phenoxy) is 1. The summed E-state index contributed by atoms with van der Waals surface area (Å²) >= 11 is 0. The highest BCUT2D eigenvalue weighted by molar-refractivity contribution is 5.24. The van der Waals surface area contributed by atoms with Gasteiger partial charge in [0.2, 0.25) is 0 Å². The van der Waals surface area contributed by atoms with E-state index in [9.17, 15) is 0 Å². The molecule has 1 heterocycles. The summed E-state index contributed by atoms with van der Waals surface area (Å²) in [6.45, 7) is 0.893. The molecule has 15 heavy (non-hydrogen) atoms. The van der Waals surface area contributed by atoms with Crippen molar-refractivity contribution in [1.82, 2.24) is 0 Å². The van der Waals surface area contributed by atoms with E-state index in [-0.39, 0.29) is 0 Å². The number of benzene rings is 1. The van der Waals surface area contributed by atoms with E-state index in [2.05, 4.69) is 42.5 Å². The van der Waals surface area contributed by atoms with E-state index in [1.54, 1.807) is 0 Å². The summed E-state index contributed by atoms with van der Waals surface area (Å²) in [6, 6.07) is 10.8. The van der Waals surface area contributed by atoms with Crippen LogP contribution in [0.4, 0.5) is 0 Å². The minimum Gasteiger partial charge on any atom is -0.377 e. The van der Waals surface area contributed by atoms with Crippen molar-refractivity contribution in [2.24, 2.45) is 5.92 Å². The Morgan fingerprint density at radius 1 is 1.13 bits per heavy atom. The van der Waals surface area contributed by atoms with Crippen LogP contribution in [-0.4, -0.2) is 12.7 Å². The van der Waals surface area contributed by atoms with E-state index < -0.39 is 0 Å². The van der Waals surface area contributed by atoms with E-state index in [1.807, 2.05) is 0 Å². The highest BCUT2D eigenvalue weighted by Crippen LogP contribution is 2.39. The molecular weight excluding hydrogens is 184 g/mol. The molecule has 1 aromatic rings. The Hall–Kier alpha value is -1.08. The molecular formula is C14H16O. The molecule has 0 saturated carbocycles. The third-order valence-corrected chi connectivity index (χ3v) is 3.59. The average molecular weight is 200 g/mol. The molecule has 1 aliphatic heterocycles. The van der Waals surface area contributed by atoms with Crippen LogP contribution in [0.2, 0.25) is 0 Å². The van der Waals surface area contributed by atoms with Crippen molar-refractivity contribution in [3.05, 3.63) is 48.0 Å². The lowest BCUT2D eigenvalue weighted by molar-refractivity contribution is 0.0894. The predicted octanol–water partition coefficient (Wildman–Crippen LogP) is 3.14. The predicted molar refractivity (Wildman–Crippen MR) is 60.8 cm³/mol. The molecule has 0 spiro atoms. The SMILES string of the molecule is C1=C[C@@H]2[C@H](CC1)OC[C@H]2c1ccccc1. The van der Waals surface area contributed by atoms with Gasteiger partial charge in [-0.3, -0.25) is 0 Å². The highest BCUT2D eigenvalue weighted by Gasteiger charge is 2.36. The van der Waals surface area contributed by atoms with Gasteiger partial charge in [-0.2, -0.15) is 0 Å². The van der Waals surface area contributed by atoms with Gasteiger partial charge in [-0.1, -0.05) is 42.5 Å². The van der Waals surface area contributed by atoms with Crippen molar-refractivity contribution >= 4 is 0 Å². The summed E-state index contributed by atoms with van der Waals surface area (Å²) in [5.74, 6) is 1.19. The van der Waals surface area contributed by atoms with Crippen LogP contribution in [-0.2, 0) is 4.74 Å². The monoisotopic (exact) mass is 200 g/mol. The van der Waals surface area contributed by atoms with E-state index in [0.29, 0.717) is 17.9 Å². The standard InChI is InChI=1S/C14H16O/c1-2-6-11(7-3-1)13-10-15-14-9-5-4-8-12(13)14/h1-4,6-8,12-14H,5,9-10H2/t12-,13-,14-/m0/s1. The first-order chi connectivity index (χ1) is 7.45. The Labute approximate surface area is 90.8 Å².